The Morgan fingerprint density at radius 1 is 0.971 bits per heavy atom. The highest BCUT2D eigenvalue weighted by Gasteiger charge is 2.25. The van der Waals surface area contributed by atoms with E-state index in [1.165, 1.54) is 4.31 Å². The van der Waals surface area contributed by atoms with Crippen LogP contribution in [0, 0.1) is 0 Å². The molecule has 34 heavy (non-hydrogen) atoms. The van der Waals surface area contributed by atoms with Crippen LogP contribution in [0.4, 0.5) is 17.1 Å². The number of hydrogen-bond donors (Lipinski definition) is 1. The van der Waals surface area contributed by atoms with Crippen molar-refractivity contribution in [1.82, 2.24) is 9.21 Å². The second-order valence-electron chi connectivity index (χ2n) is 8.59. The number of likely N-dealkylation sites (N-methyl/N-ethyl adjacent to an activating group) is 1. The largest absolute Gasteiger partial charge is 0.378 e. The average Bonchev–Trinajstić information content (AvgIpc) is 2.84. The second-order valence-corrected chi connectivity index (χ2v) is 10.5. The lowest BCUT2D eigenvalue weighted by molar-refractivity contribution is 0.102. The minimum Gasteiger partial charge on any atom is -0.378 e. The van der Waals surface area contributed by atoms with Crippen LogP contribution in [0.15, 0.2) is 47.4 Å². The molecule has 0 bridgehead atoms. The smallest absolute Gasteiger partial charge is 0.255 e. The average molecular weight is 488 g/mol. The van der Waals surface area contributed by atoms with E-state index in [1.807, 2.05) is 57.1 Å². The third-order valence-electron chi connectivity index (χ3n) is 6.34. The normalized spacial score (nSPS) is 14.9. The van der Waals surface area contributed by atoms with E-state index in [0.717, 1.165) is 44.1 Å². The molecule has 0 saturated carbocycles. The van der Waals surface area contributed by atoms with Gasteiger partial charge in [0.25, 0.3) is 5.91 Å². The third kappa shape index (κ3) is 5.71. The Morgan fingerprint density at radius 2 is 1.65 bits per heavy atom. The van der Waals surface area contributed by atoms with Crippen LogP contribution in [0.3, 0.4) is 0 Å². The molecule has 8 nitrogen and oxygen atoms in total. The molecule has 3 rings (SSSR count). The number of anilines is 3. The number of piperazine rings is 1. The van der Waals surface area contributed by atoms with Gasteiger partial charge < -0.3 is 20.0 Å². The number of nitrogens with zero attached hydrogens (tertiary/aromatic N) is 4. The third-order valence-corrected chi connectivity index (χ3v) is 8.39. The van der Waals surface area contributed by atoms with Crippen molar-refractivity contribution in [1.29, 1.82) is 0 Å². The van der Waals surface area contributed by atoms with Gasteiger partial charge in [-0.15, -0.1) is 0 Å². The van der Waals surface area contributed by atoms with Crippen molar-refractivity contribution in [3.05, 3.63) is 48.0 Å². The molecule has 9 heteroatoms. The molecule has 0 unspecified atom stereocenters. The van der Waals surface area contributed by atoms with E-state index < -0.39 is 10.0 Å². The number of carbonyl (C=O) groups excluding carboxylic acids is 1. The Morgan fingerprint density at radius 3 is 2.24 bits per heavy atom. The summed E-state index contributed by atoms with van der Waals surface area (Å²) in [6.45, 7) is 11.0. The van der Waals surface area contributed by atoms with Gasteiger partial charge in [0.1, 0.15) is 0 Å². The topological polar surface area (TPSA) is 76.2 Å². The van der Waals surface area contributed by atoms with Gasteiger partial charge in [0.15, 0.2) is 0 Å². The minimum atomic E-state index is -3.65. The van der Waals surface area contributed by atoms with Crippen molar-refractivity contribution in [2.24, 2.45) is 0 Å². The fourth-order valence-electron chi connectivity index (χ4n) is 4.19. The van der Waals surface area contributed by atoms with Gasteiger partial charge in [-0.3, -0.25) is 4.79 Å². The van der Waals surface area contributed by atoms with Crippen molar-refractivity contribution >= 4 is 33.0 Å². The van der Waals surface area contributed by atoms with E-state index >= 15 is 0 Å². The first-order valence-corrected chi connectivity index (χ1v) is 13.4. The SMILES string of the molecule is CCN1CCN(c2ccc(S(=O)(=O)N(CC)CC)cc2NC(=O)c2cccc(N(C)C)c2)CC1. The van der Waals surface area contributed by atoms with Crippen molar-refractivity contribution in [3.63, 3.8) is 0 Å². The molecule has 1 heterocycles. The molecule has 186 valence electrons. The molecule has 1 amide bonds. The molecule has 1 fully saturated rings. The zero-order valence-corrected chi connectivity index (χ0v) is 21.7. The van der Waals surface area contributed by atoms with Crippen molar-refractivity contribution in [3.8, 4) is 0 Å². The molecule has 1 N–H and O–H groups in total. The molecule has 2 aromatic carbocycles. The first-order chi connectivity index (χ1) is 16.2. The van der Waals surface area contributed by atoms with Gasteiger partial charge in [0.2, 0.25) is 10.0 Å². The van der Waals surface area contributed by atoms with Gasteiger partial charge in [-0.2, -0.15) is 4.31 Å². The second kappa shape index (κ2) is 11.2. The summed E-state index contributed by atoms with van der Waals surface area (Å²) < 4.78 is 27.8. The zero-order chi connectivity index (χ0) is 24.9. The standard InChI is InChI=1S/C25H37N5O3S/c1-6-28-14-16-29(17-15-28)24-13-12-22(34(32,33)30(7-2)8-3)19-23(24)26-25(31)20-10-9-11-21(18-20)27(4)5/h9-13,18-19H,6-8,14-17H2,1-5H3,(H,26,31). The highest BCUT2D eigenvalue weighted by molar-refractivity contribution is 7.89. The first-order valence-electron chi connectivity index (χ1n) is 11.9. The lowest BCUT2D eigenvalue weighted by atomic mass is 10.1. The maximum atomic E-state index is 13.2. The molecule has 1 aliphatic heterocycles. The number of amides is 1. The monoisotopic (exact) mass is 487 g/mol. The molecule has 0 atom stereocenters. The number of carbonyl (C=O) groups is 1. The Balaban J connectivity index is 1.99. The molecular formula is C25H37N5O3S. The highest BCUT2D eigenvalue weighted by Crippen LogP contribution is 2.31. The van der Waals surface area contributed by atoms with Gasteiger partial charge in [-0.05, 0) is 42.9 Å². The summed E-state index contributed by atoms with van der Waals surface area (Å²) in [6.07, 6.45) is 0. The molecule has 0 radical (unpaired) electrons. The summed E-state index contributed by atoms with van der Waals surface area (Å²) in [4.78, 5) is 19.9. The Bertz CT molecular complexity index is 1090. The molecule has 2 aromatic rings. The van der Waals surface area contributed by atoms with Crippen LogP contribution in [0.2, 0.25) is 0 Å². The van der Waals surface area contributed by atoms with E-state index in [-0.39, 0.29) is 10.8 Å². The summed E-state index contributed by atoms with van der Waals surface area (Å²) in [5.74, 6) is -0.269. The first kappa shape index (κ1) is 26.0. The summed E-state index contributed by atoms with van der Waals surface area (Å²) >= 11 is 0. The maximum Gasteiger partial charge on any atom is 0.255 e. The number of hydrogen-bond acceptors (Lipinski definition) is 6. The fraction of sp³-hybridized carbons (Fsp3) is 0.480. The molecule has 1 aliphatic rings. The van der Waals surface area contributed by atoms with E-state index in [0.29, 0.717) is 24.3 Å². The van der Waals surface area contributed by atoms with E-state index in [1.54, 1.807) is 18.2 Å². The van der Waals surface area contributed by atoms with Crippen LogP contribution in [0.1, 0.15) is 31.1 Å². The lowest BCUT2D eigenvalue weighted by Crippen LogP contribution is -2.46. The number of rotatable bonds is 9. The van der Waals surface area contributed by atoms with Crippen LogP contribution in [0.25, 0.3) is 0 Å². The minimum absolute atomic E-state index is 0.185. The van der Waals surface area contributed by atoms with Crippen molar-refractivity contribution in [2.45, 2.75) is 25.7 Å². The highest BCUT2D eigenvalue weighted by atomic mass is 32.2. The zero-order valence-electron chi connectivity index (χ0n) is 20.9. The number of nitrogens with one attached hydrogen (secondary N) is 1. The molecule has 1 saturated heterocycles. The van der Waals surface area contributed by atoms with E-state index in [4.69, 9.17) is 0 Å². The molecule has 0 aliphatic carbocycles. The molecule has 0 spiro atoms. The van der Waals surface area contributed by atoms with E-state index in [9.17, 15) is 13.2 Å². The predicted octanol–water partition coefficient (Wildman–Crippen LogP) is 3.18. The van der Waals surface area contributed by atoms with Crippen molar-refractivity contribution < 1.29 is 13.2 Å². The molecular weight excluding hydrogens is 450 g/mol. The van der Waals surface area contributed by atoms with E-state index in [2.05, 4.69) is 22.0 Å². The van der Waals surface area contributed by atoms with Crippen LogP contribution < -0.4 is 15.1 Å². The van der Waals surface area contributed by atoms with Crippen LogP contribution >= 0.6 is 0 Å². The number of benzene rings is 2. The summed E-state index contributed by atoms with van der Waals surface area (Å²) in [7, 11) is 0.193. The summed E-state index contributed by atoms with van der Waals surface area (Å²) in [6, 6.07) is 12.4. The van der Waals surface area contributed by atoms with Crippen LogP contribution in [0.5, 0.6) is 0 Å². The van der Waals surface area contributed by atoms with Gasteiger partial charge in [0, 0.05) is 64.6 Å². The number of sulfonamides is 1. The lowest BCUT2D eigenvalue weighted by Gasteiger charge is -2.36. The van der Waals surface area contributed by atoms with Crippen LogP contribution in [-0.4, -0.2) is 83.4 Å². The van der Waals surface area contributed by atoms with Gasteiger partial charge >= 0.3 is 0 Å². The summed E-state index contributed by atoms with van der Waals surface area (Å²) in [5, 5.41) is 3.01. The molecule has 0 aromatic heterocycles. The predicted molar refractivity (Wildman–Crippen MR) is 140 cm³/mol. The quantitative estimate of drug-likeness (QED) is 0.586. The maximum absolute atomic E-state index is 13.2. The Kier molecular flexibility index (Phi) is 8.57. The summed E-state index contributed by atoms with van der Waals surface area (Å²) in [5.41, 5.74) is 2.79. The van der Waals surface area contributed by atoms with Crippen LogP contribution in [-0.2, 0) is 10.0 Å². The fourth-order valence-corrected chi connectivity index (χ4v) is 5.67. The van der Waals surface area contributed by atoms with Gasteiger partial charge in [-0.1, -0.05) is 26.8 Å². The van der Waals surface area contributed by atoms with Gasteiger partial charge in [0.05, 0.1) is 16.3 Å². The Hall–Kier alpha value is -2.62. The Labute approximate surface area is 204 Å². The van der Waals surface area contributed by atoms with Gasteiger partial charge in [-0.25, -0.2) is 8.42 Å². The van der Waals surface area contributed by atoms with Crippen molar-refractivity contribution in [2.75, 3.05) is 75.0 Å².